The molecule has 1 unspecified atom stereocenters. The smallest absolute Gasteiger partial charge is 0.0614 e. The summed E-state index contributed by atoms with van der Waals surface area (Å²) in [7, 11) is 2.02. The number of nitrogens with zero attached hydrogens (tertiary/aromatic N) is 1. The third kappa shape index (κ3) is 3.22. The van der Waals surface area contributed by atoms with Gasteiger partial charge in [0.15, 0.2) is 0 Å². The Morgan fingerprint density at radius 3 is 2.78 bits per heavy atom. The van der Waals surface area contributed by atoms with Gasteiger partial charge in [0.25, 0.3) is 0 Å². The lowest BCUT2D eigenvalue weighted by Crippen LogP contribution is -2.31. The molecule has 5 heteroatoms. The topological polar surface area (TPSA) is 38.5 Å². The van der Waals surface area contributed by atoms with Crippen LogP contribution in [0.1, 0.15) is 12.8 Å². The molecule has 0 bridgehead atoms. The maximum atomic E-state index is 6.03. The molecule has 1 aromatic carbocycles. The molecule has 1 aliphatic rings. The summed E-state index contributed by atoms with van der Waals surface area (Å²) in [6, 6.07) is 3.52. The second-order valence-corrected chi connectivity index (χ2v) is 5.60. The van der Waals surface area contributed by atoms with Crippen LogP contribution in [-0.2, 0) is 4.74 Å². The molecular formula is C13H18Cl2N2O. The normalized spacial score (nSPS) is 19.8. The zero-order valence-corrected chi connectivity index (χ0v) is 12.0. The van der Waals surface area contributed by atoms with E-state index in [4.69, 9.17) is 33.7 Å². The molecule has 0 aliphatic carbocycles. The van der Waals surface area contributed by atoms with Crippen LogP contribution < -0.4 is 10.6 Å². The highest BCUT2D eigenvalue weighted by molar-refractivity contribution is 6.42. The monoisotopic (exact) mass is 288 g/mol. The van der Waals surface area contributed by atoms with Gasteiger partial charge in [0.1, 0.15) is 0 Å². The maximum Gasteiger partial charge on any atom is 0.0614 e. The van der Waals surface area contributed by atoms with E-state index in [1.165, 1.54) is 6.42 Å². The third-order valence-electron chi connectivity index (χ3n) is 3.27. The Kier molecular flexibility index (Phi) is 4.60. The number of hydrogen-bond donors (Lipinski definition) is 1. The van der Waals surface area contributed by atoms with Gasteiger partial charge < -0.3 is 15.4 Å². The Morgan fingerprint density at radius 1 is 1.39 bits per heavy atom. The number of hydrogen-bond acceptors (Lipinski definition) is 3. The highest BCUT2D eigenvalue weighted by atomic mass is 35.5. The van der Waals surface area contributed by atoms with Gasteiger partial charge >= 0.3 is 0 Å². The summed E-state index contributed by atoms with van der Waals surface area (Å²) in [4.78, 5) is 2.12. The van der Waals surface area contributed by atoms with Crippen molar-refractivity contribution in [3.8, 4) is 0 Å². The van der Waals surface area contributed by atoms with Gasteiger partial charge in [-0.3, -0.25) is 0 Å². The molecule has 2 N–H and O–H groups in total. The van der Waals surface area contributed by atoms with Crippen molar-refractivity contribution >= 4 is 34.6 Å². The first-order chi connectivity index (χ1) is 8.58. The van der Waals surface area contributed by atoms with Crippen LogP contribution in [0, 0.1) is 5.92 Å². The molecule has 1 fully saturated rings. The summed E-state index contributed by atoms with van der Waals surface area (Å²) < 4.78 is 5.49. The average Bonchev–Trinajstić information content (AvgIpc) is 2.35. The summed E-state index contributed by atoms with van der Waals surface area (Å²) in [6.07, 6.45) is 2.33. The van der Waals surface area contributed by atoms with Crippen LogP contribution in [-0.4, -0.2) is 26.8 Å². The number of benzene rings is 1. The van der Waals surface area contributed by atoms with Crippen molar-refractivity contribution in [3.05, 3.63) is 22.2 Å². The summed E-state index contributed by atoms with van der Waals surface area (Å²) >= 11 is 12.0. The van der Waals surface area contributed by atoms with E-state index in [1.807, 2.05) is 13.1 Å². The van der Waals surface area contributed by atoms with Crippen molar-refractivity contribution in [2.24, 2.45) is 5.92 Å². The molecule has 100 valence electrons. The van der Waals surface area contributed by atoms with Gasteiger partial charge in [-0.2, -0.15) is 0 Å². The number of anilines is 2. The number of nitrogen functional groups attached to an aromatic ring is 1. The summed E-state index contributed by atoms with van der Waals surface area (Å²) in [5, 5.41) is 1.03. The third-order valence-corrected chi connectivity index (χ3v) is 3.99. The Morgan fingerprint density at radius 2 is 2.11 bits per heavy atom. The van der Waals surface area contributed by atoms with Crippen LogP contribution in [0.4, 0.5) is 11.4 Å². The number of rotatable bonds is 3. The fourth-order valence-corrected chi connectivity index (χ4v) is 2.65. The van der Waals surface area contributed by atoms with Gasteiger partial charge in [0.05, 0.1) is 28.0 Å². The quantitative estimate of drug-likeness (QED) is 0.866. The highest BCUT2D eigenvalue weighted by Gasteiger charge is 2.17. The molecule has 0 amide bonds. The van der Waals surface area contributed by atoms with Crippen molar-refractivity contribution < 1.29 is 4.74 Å². The fraction of sp³-hybridized carbons (Fsp3) is 0.538. The van der Waals surface area contributed by atoms with Crippen molar-refractivity contribution in [1.29, 1.82) is 0 Å². The minimum absolute atomic E-state index is 0.493. The largest absolute Gasteiger partial charge is 0.397 e. The van der Waals surface area contributed by atoms with Gasteiger partial charge in [-0.1, -0.05) is 23.2 Å². The Bertz CT molecular complexity index is 420. The van der Waals surface area contributed by atoms with Crippen molar-refractivity contribution in [2.75, 3.05) is 37.4 Å². The van der Waals surface area contributed by atoms with Crippen LogP contribution in [0.25, 0.3) is 0 Å². The molecule has 0 saturated carbocycles. The van der Waals surface area contributed by atoms with Gasteiger partial charge in [0, 0.05) is 20.2 Å². The molecule has 2 rings (SSSR count). The second kappa shape index (κ2) is 6.00. The molecule has 1 saturated heterocycles. The van der Waals surface area contributed by atoms with E-state index in [1.54, 1.807) is 6.07 Å². The molecule has 1 heterocycles. The van der Waals surface area contributed by atoms with E-state index in [2.05, 4.69) is 4.90 Å². The predicted molar refractivity (Wildman–Crippen MR) is 77.7 cm³/mol. The zero-order valence-electron chi connectivity index (χ0n) is 10.5. The Labute approximate surface area is 118 Å². The van der Waals surface area contributed by atoms with Crippen LogP contribution in [0.15, 0.2) is 12.1 Å². The zero-order chi connectivity index (χ0) is 13.1. The van der Waals surface area contributed by atoms with Crippen molar-refractivity contribution in [1.82, 2.24) is 0 Å². The van der Waals surface area contributed by atoms with E-state index in [9.17, 15) is 0 Å². The van der Waals surface area contributed by atoms with Crippen LogP contribution >= 0.6 is 23.2 Å². The molecule has 1 atom stereocenters. The number of nitrogens with two attached hydrogens (primary N) is 1. The standard InChI is InChI=1S/C13H18Cl2N2O/c1-17(7-9-3-2-4-18-8-9)13-6-11(15)10(14)5-12(13)16/h5-6,9H,2-4,7-8,16H2,1H3. The van der Waals surface area contributed by atoms with Gasteiger partial charge in [-0.05, 0) is 30.9 Å². The SMILES string of the molecule is CN(CC1CCCOC1)c1cc(Cl)c(Cl)cc1N. The fourth-order valence-electron chi connectivity index (χ4n) is 2.32. The molecule has 1 aromatic rings. The lowest BCUT2D eigenvalue weighted by molar-refractivity contribution is 0.0576. The van der Waals surface area contributed by atoms with E-state index in [0.717, 1.165) is 31.9 Å². The van der Waals surface area contributed by atoms with Gasteiger partial charge in [-0.15, -0.1) is 0 Å². The molecule has 18 heavy (non-hydrogen) atoms. The maximum absolute atomic E-state index is 6.03. The van der Waals surface area contributed by atoms with E-state index in [-0.39, 0.29) is 0 Å². The first-order valence-corrected chi connectivity index (χ1v) is 6.87. The van der Waals surface area contributed by atoms with Crippen LogP contribution in [0.3, 0.4) is 0 Å². The van der Waals surface area contributed by atoms with Crippen molar-refractivity contribution in [2.45, 2.75) is 12.8 Å². The van der Waals surface area contributed by atoms with E-state index in [0.29, 0.717) is 21.7 Å². The lowest BCUT2D eigenvalue weighted by Gasteiger charge is -2.29. The molecular weight excluding hydrogens is 271 g/mol. The molecule has 3 nitrogen and oxygen atoms in total. The van der Waals surface area contributed by atoms with Gasteiger partial charge in [0.2, 0.25) is 0 Å². The summed E-state index contributed by atoms with van der Waals surface area (Å²) in [5.41, 5.74) is 7.56. The predicted octanol–water partition coefficient (Wildman–Crippen LogP) is 3.44. The first kappa shape index (κ1) is 13.8. The minimum Gasteiger partial charge on any atom is -0.397 e. The van der Waals surface area contributed by atoms with Crippen LogP contribution in [0.2, 0.25) is 10.0 Å². The Balaban J connectivity index is 2.08. The molecule has 0 spiro atoms. The van der Waals surface area contributed by atoms with Crippen molar-refractivity contribution in [3.63, 3.8) is 0 Å². The molecule has 0 radical (unpaired) electrons. The first-order valence-electron chi connectivity index (χ1n) is 6.11. The average molecular weight is 289 g/mol. The molecule has 1 aliphatic heterocycles. The lowest BCUT2D eigenvalue weighted by atomic mass is 10.0. The molecule has 0 aromatic heterocycles. The summed E-state index contributed by atoms with van der Waals surface area (Å²) in [5.74, 6) is 0.553. The number of ether oxygens (including phenoxy) is 1. The van der Waals surface area contributed by atoms with Gasteiger partial charge in [-0.25, -0.2) is 0 Å². The number of halogens is 2. The second-order valence-electron chi connectivity index (χ2n) is 4.79. The minimum atomic E-state index is 0.493. The Hall–Kier alpha value is -0.640. The van der Waals surface area contributed by atoms with Crippen LogP contribution in [0.5, 0.6) is 0 Å². The van der Waals surface area contributed by atoms with E-state index < -0.39 is 0 Å². The summed E-state index contributed by atoms with van der Waals surface area (Å²) in [6.45, 7) is 2.63. The highest BCUT2D eigenvalue weighted by Crippen LogP contribution is 2.33. The van der Waals surface area contributed by atoms with E-state index >= 15 is 0 Å².